The molecule has 1 heterocycles. The average Bonchev–Trinajstić information content (AvgIpc) is 2.41. The van der Waals surface area contributed by atoms with Crippen molar-refractivity contribution >= 4 is 43.5 Å². The summed E-state index contributed by atoms with van der Waals surface area (Å²) in [7, 11) is 1.53. The highest BCUT2D eigenvalue weighted by Gasteiger charge is 2.14. The second-order valence-electron chi connectivity index (χ2n) is 4.31. The molecule has 110 valence electrons. The third-order valence-corrected chi connectivity index (χ3v) is 4.07. The Bertz CT molecular complexity index is 756. The lowest BCUT2D eigenvalue weighted by Crippen LogP contribution is -2.21. The van der Waals surface area contributed by atoms with Crippen molar-refractivity contribution in [3.05, 3.63) is 54.8 Å². The van der Waals surface area contributed by atoms with Crippen LogP contribution >= 0.6 is 31.9 Å². The molecule has 21 heavy (non-hydrogen) atoms. The molecule has 2 rings (SSSR count). The van der Waals surface area contributed by atoms with Crippen molar-refractivity contribution in [2.24, 2.45) is 0 Å². The SMILES string of the molecule is COc1cc(NC(=O)c2c[nH]c(C)cc2=O)c(Br)cc1Br. The number of aromatic amines is 1. The van der Waals surface area contributed by atoms with E-state index in [1.54, 1.807) is 19.1 Å². The Labute approximate surface area is 138 Å². The highest BCUT2D eigenvalue weighted by Crippen LogP contribution is 2.34. The fourth-order valence-corrected chi connectivity index (χ4v) is 2.98. The maximum absolute atomic E-state index is 12.2. The van der Waals surface area contributed by atoms with Gasteiger partial charge < -0.3 is 15.0 Å². The third-order valence-electron chi connectivity index (χ3n) is 2.79. The molecule has 0 bridgehead atoms. The molecule has 0 spiro atoms. The number of halogens is 2. The number of benzene rings is 1. The van der Waals surface area contributed by atoms with Gasteiger partial charge >= 0.3 is 0 Å². The Balaban J connectivity index is 2.33. The molecule has 0 unspecified atom stereocenters. The van der Waals surface area contributed by atoms with Crippen LogP contribution in [-0.4, -0.2) is 18.0 Å². The zero-order chi connectivity index (χ0) is 15.6. The number of aryl methyl sites for hydroxylation is 1. The van der Waals surface area contributed by atoms with Crippen LogP contribution in [-0.2, 0) is 0 Å². The molecule has 0 atom stereocenters. The minimum absolute atomic E-state index is 0.0504. The van der Waals surface area contributed by atoms with Gasteiger partial charge in [-0.1, -0.05) is 0 Å². The lowest BCUT2D eigenvalue weighted by molar-refractivity contribution is 0.102. The van der Waals surface area contributed by atoms with Crippen LogP contribution in [0, 0.1) is 6.92 Å². The maximum atomic E-state index is 12.2. The number of anilines is 1. The molecule has 0 aliphatic heterocycles. The van der Waals surface area contributed by atoms with E-state index in [1.807, 2.05) is 0 Å². The maximum Gasteiger partial charge on any atom is 0.261 e. The van der Waals surface area contributed by atoms with Crippen LogP contribution < -0.4 is 15.5 Å². The Hall–Kier alpha value is -1.60. The predicted molar refractivity (Wildman–Crippen MR) is 88.1 cm³/mol. The van der Waals surface area contributed by atoms with Gasteiger partial charge in [-0.15, -0.1) is 0 Å². The van der Waals surface area contributed by atoms with Crippen LogP contribution in [0.25, 0.3) is 0 Å². The highest BCUT2D eigenvalue weighted by atomic mass is 79.9. The summed E-state index contributed by atoms with van der Waals surface area (Å²) in [4.78, 5) is 26.8. The molecule has 0 saturated carbocycles. The van der Waals surface area contributed by atoms with E-state index in [1.165, 1.54) is 19.4 Å². The van der Waals surface area contributed by atoms with Gasteiger partial charge in [0.15, 0.2) is 5.43 Å². The van der Waals surface area contributed by atoms with E-state index in [0.29, 0.717) is 21.6 Å². The second-order valence-corrected chi connectivity index (χ2v) is 6.02. The molecule has 0 aliphatic carbocycles. The van der Waals surface area contributed by atoms with Crippen molar-refractivity contribution in [2.45, 2.75) is 6.92 Å². The Morgan fingerprint density at radius 2 is 1.95 bits per heavy atom. The summed E-state index contributed by atoms with van der Waals surface area (Å²) >= 11 is 6.70. The van der Waals surface area contributed by atoms with Crippen LogP contribution in [0.15, 0.2) is 38.1 Å². The van der Waals surface area contributed by atoms with Gasteiger partial charge in [-0.3, -0.25) is 9.59 Å². The molecule has 0 aliphatic rings. The first-order valence-corrected chi connectivity index (χ1v) is 7.54. The zero-order valence-electron chi connectivity index (χ0n) is 11.3. The van der Waals surface area contributed by atoms with Gasteiger partial charge in [0.05, 0.1) is 17.3 Å². The van der Waals surface area contributed by atoms with E-state index in [9.17, 15) is 9.59 Å². The molecule has 1 aromatic carbocycles. The number of amides is 1. The van der Waals surface area contributed by atoms with Crippen LogP contribution in [0.4, 0.5) is 5.69 Å². The average molecular weight is 416 g/mol. The quantitative estimate of drug-likeness (QED) is 0.806. The Morgan fingerprint density at radius 1 is 1.24 bits per heavy atom. The molecule has 2 aromatic rings. The number of aromatic nitrogens is 1. The van der Waals surface area contributed by atoms with Gasteiger partial charge in [0, 0.05) is 28.5 Å². The molecule has 0 radical (unpaired) electrons. The summed E-state index contributed by atoms with van der Waals surface area (Å²) in [5.74, 6) is 0.0904. The van der Waals surface area contributed by atoms with Gasteiger partial charge in [-0.2, -0.15) is 0 Å². The van der Waals surface area contributed by atoms with E-state index in [2.05, 4.69) is 42.2 Å². The van der Waals surface area contributed by atoms with Crippen molar-refractivity contribution in [1.29, 1.82) is 0 Å². The van der Waals surface area contributed by atoms with E-state index < -0.39 is 5.91 Å². The molecule has 0 saturated heterocycles. The van der Waals surface area contributed by atoms with E-state index >= 15 is 0 Å². The summed E-state index contributed by atoms with van der Waals surface area (Å²) in [5.41, 5.74) is 0.932. The van der Waals surface area contributed by atoms with Gasteiger partial charge in [0.1, 0.15) is 11.3 Å². The van der Waals surface area contributed by atoms with E-state index in [4.69, 9.17) is 4.74 Å². The number of hydrogen-bond donors (Lipinski definition) is 2. The standard InChI is InChI=1S/C14H12Br2N2O3/c1-7-3-12(19)8(6-17-7)14(20)18-11-5-13(21-2)10(16)4-9(11)15/h3-6H,1-2H3,(H,17,19)(H,18,20). The number of nitrogens with one attached hydrogen (secondary N) is 2. The summed E-state index contributed by atoms with van der Waals surface area (Å²) < 4.78 is 6.61. The molecule has 1 amide bonds. The first-order valence-electron chi connectivity index (χ1n) is 5.96. The van der Waals surface area contributed by atoms with Crippen LogP contribution in [0.2, 0.25) is 0 Å². The van der Waals surface area contributed by atoms with Crippen LogP contribution in [0.1, 0.15) is 16.1 Å². The number of methoxy groups -OCH3 is 1. The van der Waals surface area contributed by atoms with E-state index in [0.717, 1.165) is 4.47 Å². The minimum Gasteiger partial charge on any atom is -0.495 e. The summed E-state index contributed by atoms with van der Waals surface area (Å²) in [6.45, 7) is 1.75. The molecule has 2 N–H and O–H groups in total. The van der Waals surface area contributed by atoms with Gasteiger partial charge in [-0.25, -0.2) is 0 Å². The number of H-pyrrole nitrogens is 1. The molecule has 1 aromatic heterocycles. The number of pyridine rings is 1. The highest BCUT2D eigenvalue weighted by molar-refractivity contribution is 9.11. The lowest BCUT2D eigenvalue weighted by atomic mass is 10.2. The van der Waals surface area contributed by atoms with Gasteiger partial charge in [-0.05, 0) is 44.8 Å². The third kappa shape index (κ3) is 3.54. The molecular weight excluding hydrogens is 404 g/mol. The monoisotopic (exact) mass is 414 g/mol. The van der Waals surface area contributed by atoms with Crippen LogP contribution in [0.3, 0.4) is 0 Å². The first kappa shape index (κ1) is 15.8. The number of carbonyl (C=O) groups excluding carboxylic acids is 1. The van der Waals surface area contributed by atoms with Crippen molar-refractivity contribution in [2.75, 3.05) is 12.4 Å². The Kier molecular flexibility index (Phi) is 4.84. The zero-order valence-corrected chi connectivity index (χ0v) is 14.5. The smallest absolute Gasteiger partial charge is 0.261 e. The Morgan fingerprint density at radius 3 is 2.57 bits per heavy atom. The lowest BCUT2D eigenvalue weighted by Gasteiger charge is -2.11. The van der Waals surface area contributed by atoms with Crippen LogP contribution in [0.5, 0.6) is 5.75 Å². The molecule has 0 fully saturated rings. The predicted octanol–water partition coefficient (Wildman–Crippen LogP) is 3.47. The van der Waals surface area contributed by atoms with E-state index in [-0.39, 0.29) is 11.0 Å². The molecular formula is C14H12Br2N2O3. The van der Waals surface area contributed by atoms with Crippen molar-refractivity contribution in [1.82, 2.24) is 4.98 Å². The molecule has 7 heteroatoms. The fraction of sp³-hybridized carbons (Fsp3) is 0.143. The number of ether oxygens (including phenoxy) is 1. The topological polar surface area (TPSA) is 71.2 Å². The first-order chi connectivity index (χ1) is 9.92. The largest absolute Gasteiger partial charge is 0.495 e. The van der Waals surface area contributed by atoms with Gasteiger partial charge in [0.2, 0.25) is 0 Å². The summed E-state index contributed by atoms with van der Waals surface area (Å²) in [5, 5.41) is 2.68. The van der Waals surface area contributed by atoms with Crippen molar-refractivity contribution < 1.29 is 9.53 Å². The van der Waals surface area contributed by atoms with Crippen molar-refractivity contribution in [3.8, 4) is 5.75 Å². The minimum atomic E-state index is -0.485. The molecule has 5 nitrogen and oxygen atoms in total. The summed E-state index contributed by atoms with van der Waals surface area (Å²) in [6, 6.07) is 4.80. The fourth-order valence-electron chi connectivity index (χ4n) is 1.72. The number of rotatable bonds is 3. The number of hydrogen-bond acceptors (Lipinski definition) is 3. The normalized spacial score (nSPS) is 10.3. The number of carbonyl (C=O) groups is 1. The second kappa shape index (κ2) is 6.44. The van der Waals surface area contributed by atoms with Gasteiger partial charge in [0.25, 0.3) is 5.91 Å². The van der Waals surface area contributed by atoms with Crippen molar-refractivity contribution in [3.63, 3.8) is 0 Å². The summed E-state index contributed by atoms with van der Waals surface area (Å²) in [6.07, 6.45) is 1.40.